The molecule has 0 aliphatic heterocycles. The summed E-state index contributed by atoms with van der Waals surface area (Å²) in [5.41, 5.74) is 6.63. The summed E-state index contributed by atoms with van der Waals surface area (Å²) >= 11 is 1.69. The lowest BCUT2D eigenvalue weighted by Crippen LogP contribution is -2.42. The summed E-state index contributed by atoms with van der Waals surface area (Å²) in [7, 11) is 0. The summed E-state index contributed by atoms with van der Waals surface area (Å²) in [5, 5.41) is 2.87. The van der Waals surface area contributed by atoms with Gasteiger partial charge in [0.2, 0.25) is 5.91 Å². The molecule has 0 aromatic carbocycles. The molecule has 2 atom stereocenters. The Morgan fingerprint density at radius 1 is 1.59 bits per heavy atom. The van der Waals surface area contributed by atoms with Gasteiger partial charge in [-0.1, -0.05) is 6.07 Å². The molecular formula is C12H19N3OS. The summed E-state index contributed by atoms with van der Waals surface area (Å²) in [6.07, 6.45) is 4.41. The van der Waals surface area contributed by atoms with Gasteiger partial charge in [0.05, 0.1) is 17.8 Å². The Bertz CT molecular complexity index is 345. The van der Waals surface area contributed by atoms with E-state index in [1.54, 1.807) is 18.0 Å². The Kier molecular flexibility index (Phi) is 6.00. The fourth-order valence-electron chi connectivity index (χ4n) is 1.40. The smallest absolute Gasteiger partial charge is 0.237 e. The van der Waals surface area contributed by atoms with E-state index >= 15 is 0 Å². The molecule has 0 aliphatic rings. The number of rotatable bonds is 6. The van der Waals surface area contributed by atoms with Gasteiger partial charge in [-0.2, -0.15) is 11.8 Å². The first kappa shape index (κ1) is 14.0. The molecule has 17 heavy (non-hydrogen) atoms. The number of hydrogen-bond donors (Lipinski definition) is 2. The number of pyridine rings is 1. The molecule has 5 heteroatoms. The normalized spacial score (nSPS) is 14.1. The summed E-state index contributed by atoms with van der Waals surface area (Å²) in [6, 6.07) is 5.09. The van der Waals surface area contributed by atoms with Crippen LogP contribution in [0.15, 0.2) is 24.4 Å². The number of carbonyl (C=O) groups excluding carboxylic acids is 1. The molecule has 0 fully saturated rings. The van der Waals surface area contributed by atoms with Crippen LogP contribution in [-0.2, 0) is 4.79 Å². The largest absolute Gasteiger partial charge is 0.347 e. The number of hydrogen-bond acceptors (Lipinski definition) is 4. The predicted octanol–water partition coefficient (Wildman–Crippen LogP) is 1.34. The minimum Gasteiger partial charge on any atom is -0.347 e. The van der Waals surface area contributed by atoms with Crippen molar-refractivity contribution in [3.8, 4) is 0 Å². The Labute approximate surface area is 106 Å². The molecule has 0 saturated heterocycles. The van der Waals surface area contributed by atoms with E-state index in [-0.39, 0.29) is 11.9 Å². The number of thioether (sulfide) groups is 1. The first-order valence-corrected chi connectivity index (χ1v) is 7.00. The molecule has 1 amide bonds. The van der Waals surface area contributed by atoms with Gasteiger partial charge in [0.25, 0.3) is 0 Å². The molecule has 4 nitrogen and oxygen atoms in total. The molecule has 0 spiro atoms. The number of nitrogens with one attached hydrogen (secondary N) is 1. The zero-order valence-electron chi connectivity index (χ0n) is 10.2. The predicted molar refractivity (Wildman–Crippen MR) is 71.8 cm³/mol. The summed E-state index contributed by atoms with van der Waals surface area (Å²) in [6.45, 7) is 1.90. The van der Waals surface area contributed by atoms with Gasteiger partial charge in [-0.25, -0.2) is 0 Å². The van der Waals surface area contributed by atoms with Crippen molar-refractivity contribution in [2.75, 3.05) is 12.0 Å². The van der Waals surface area contributed by atoms with E-state index in [1.807, 2.05) is 31.4 Å². The minimum absolute atomic E-state index is 0.107. The van der Waals surface area contributed by atoms with Gasteiger partial charge in [-0.05, 0) is 37.5 Å². The van der Waals surface area contributed by atoms with Crippen molar-refractivity contribution in [2.45, 2.75) is 25.4 Å². The van der Waals surface area contributed by atoms with Crippen LogP contribution in [0.3, 0.4) is 0 Å². The topological polar surface area (TPSA) is 68.0 Å². The van der Waals surface area contributed by atoms with Gasteiger partial charge >= 0.3 is 0 Å². The number of nitrogens with zero attached hydrogens (tertiary/aromatic N) is 1. The minimum atomic E-state index is -0.436. The van der Waals surface area contributed by atoms with Crippen LogP contribution in [0.1, 0.15) is 25.1 Å². The molecule has 0 bridgehead atoms. The van der Waals surface area contributed by atoms with Crippen LogP contribution >= 0.6 is 11.8 Å². The molecule has 1 aromatic rings. The van der Waals surface area contributed by atoms with E-state index in [9.17, 15) is 4.79 Å². The molecule has 1 aromatic heterocycles. The fourth-order valence-corrected chi connectivity index (χ4v) is 1.89. The Hall–Kier alpha value is -1.07. The second kappa shape index (κ2) is 7.29. The van der Waals surface area contributed by atoms with Crippen molar-refractivity contribution in [1.82, 2.24) is 10.3 Å². The summed E-state index contributed by atoms with van der Waals surface area (Å²) in [4.78, 5) is 16.0. The van der Waals surface area contributed by atoms with E-state index in [1.165, 1.54) is 0 Å². The van der Waals surface area contributed by atoms with Crippen molar-refractivity contribution in [2.24, 2.45) is 5.73 Å². The average molecular weight is 253 g/mol. The molecule has 0 aliphatic carbocycles. The third-order valence-corrected chi connectivity index (χ3v) is 3.10. The van der Waals surface area contributed by atoms with Gasteiger partial charge in [0.15, 0.2) is 0 Å². The maximum atomic E-state index is 11.8. The van der Waals surface area contributed by atoms with Gasteiger partial charge in [-0.3, -0.25) is 9.78 Å². The molecule has 1 rings (SSSR count). The van der Waals surface area contributed by atoms with Crippen molar-refractivity contribution in [1.29, 1.82) is 0 Å². The lowest BCUT2D eigenvalue weighted by molar-refractivity contribution is -0.123. The molecule has 3 N–H and O–H groups in total. The van der Waals surface area contributed by atoms with E-state index in [0.717, 1.165) is 11.4 Å². The van der Waals surface area contributed by atoms with Crippen molar-refractivity contribution in [3.63, 3.8) is 0 Å². The Balaban J connectivity index is 2.46. The van der Waals surface area contributed by atoms with E-state index in [4.69, 9.17) is 5.73 Å². The summed E-state index contributed by atoms with van der Waals surface area (Å²) in [5.74, 6) is 0.782. The molecule has 0 saturated carbocycles. The Morgan fingerprint density at radius 2 is 2.35 bits per heavy atom. The van der Waals surface area contributed by atoms with Crippen LogP contribution in [0.4, 0.5) is 0 Å². The monoisotopic (exact) mass is 253 g/mol. The lowest BCUT2D eigenvalue weighted by Gasteiger charge is -2.16. The number of aromatic nitrogens is 1. The van der Waals surface area contributed by atoms with Crippen LogP contribution < -0.4 is 11.1 Å². The highest BCUT2D eigenvalue weighted by Gasteiger charge is 2.16. The fraction of sp³-hybridized carbons (Fsp3) is 0.500. The van der Waals surface area contributed by atoms with E-state index in [0.29, 0.717) is 6.42 Å². The second-order valence-corrected chi connectivity index (χ2v) is 4.86. The highest BCUT2D eigenvalue weighted by atomic mass is 32.2. The summed E-state index contributed by atoms with van der Waals surface area (Å²) < 4.78 is 0. The van der Waals surface area contributed by atoms with Crippen LogP contribution in [-0.4, -0.2) is 28.9 Å². The highest BCUT2D eigenvalue weighted by molar-refractivity contribution is 7.98. The van der Waals surface area contributed by atoms with Crippen LogP contribution in [0.2, 0.25) is 0 Å². The average Bonchev–Trinajstić information content (AvgIpc) is 2.36. The Morgan fingerprint density at radius 3 is 2.94 bits per heavy atom. The first-order chi connectivity index (χ1) is 8.15. The number of carbonyl (C=O) groups is 1. The standard InChI is InChI=1S/C12H19N3OS/c1-9(11-5-3-4-7-14-11)15-12(16)10(13)6-8-17-2/h3-5,7,9-10H,6,8,13H2,1-2H3,(H,15,16)/t9-,10-/m0/s1. The van der Waals surface area contributed by atoms with Crippen LogP contribution in [0.25, 0.3) is 0 Å². The molecule has 94 valence electrons. The van der Waals surface area contributed by atoms with Gasteiger partial charge < -0.3 is 11.1 Å². The zero-order valence-corrected chi connectivity index (χ0v) is 11.0. The molecule has 0 unspecified atom stereocenters. The third-order valence-electron chi connectivity index (χ3n) is 2.46. The molecule has 1 heterocycles. The van der Waals surface area contributed by atoms with Crippen molar-refractivity contribution < 1.29 is 4.79 Å². The number of amides is 1. The van der Waals surface area contributed by atoms with Crippen molar-refractivity contribution in [3.05, 3.63) is 30.1 Å². The number of nitrogens with two attached hydrogens (primary N) is 1. The lowest BCUT2D eigenvalue weighted by atomic mass is 10.1. The second-order valence-electron chi connectivity index (χ2n) is 3.87. The van der Waals surface area contributed by atoms with E-state index in [2.05, 4.69) is 10.3 Å². The maximum Gasteiger partial charge on any atom is 0.237 e. The third kappa shape index (κ3) is 4.75. The molecule has 0 radical (unpaired) electrons. The SMILES string of the molecule is CSCC[C@H](N)C(=O)N[C@@H](C)c1ccccn1. The van der Waals surface area contributed by atoms with Gasteiger partial charge in [0, 0.05) is 6.20 Å². The van der Waals surface area contributed by atoms with Crippen molar-refractivity contribution >= 4 is 17.7 Å². The first-order valence-electron chi connectivity index (χ1n) is 5.61. The maximum absolute atomic E-state index is 11.8. The quantitative estimate of drug-likeness (QED) is 0.803. The van der Waals surface area contributed by atoms with Crippen LogP contribution in [0, 0.1) is 0 Å². The molecular weight excluding hydrogens is 234 g/mol. The van der Waals surface area contributed by atoms with Crippen LogP contribution in [0.5, 0.6) is 0 Å². The van der Waals surface area contributed by atoms with E-state index < -0.39 is 6.04 Å². The highest BCUT2D eigenvalue weighted by Crippen LogP contribution is 2.08. The zero-order chi connectivity index (χ0) is 12.7. The van der Waals surface area contributed by atoms with Gasteiger partial charge in [-0.15, -0.1) is 0 Å². The van der Waals surface area contributed by atoms with Gasteiger partial charge in [0.1, 0.15) is 0 Å².